The smallest absolute Gasteiger partial charge is 0.320 e. The number of hydrogen-bond acceptors (Lipinski definition) is 1. The molecule has 0 atom stereocenters. The number of benzene rings is 1. The lowest BCUT2D eigenvalue weighted by Crippen LogP contribution is -2.21. The molecule has 1 N–H and O–H groups in total. The van der Waals surface area contributed by atoms with E-state index in [2.05, 4.69) is 20.9 Å². The molecule has 1 aromatic carbocycles. The minimum atomic E-state index is -4.63. The Morgan fingerprint density at radius 3 is 2.56 bits per heavy atom. The first kappa shape index (κ1) is 11.2. The van der Waals surface area contributed by atoms with Crippen molar-refractivity contribution in [2.45, 2.75) is 6.18 Å². The van der Waals surface area contributed by atoms with E-state index in [1.807, 2.05) is 0 Å². The first-order valence-electron chi connectivity index (χ1n) is 4.28. The summed E-state index contributed by atoms with van der Waals surface area (Å²) >= 11 is 3.15. The average molecular weight is 292 g/mol. The maximum absolute atomic E-state index is 12.4. The lowest BCUT2D eigenvalue weighted by molar-refractivity contribution is -0.138. The van der Waals surface area contributed by atoms with Crippen molar-refractivity contribution in [2.75, 3.05) is 0 Å². The van der Waals surface area contributed by atoms with Gasteiger partial charge in [0.1, 0.15) is 5.56 Å². The van der Waals surface area contributed by atoms with E-state index in [0.717, 1.165) is 6.07 Å². The molecule has 16 heavy (non-hydrogen) atoms. The molecule has 0 unspecified atom stereocenters. The highest BCUT2D eigenvalue weighted by atomic mass is 79.9. The molecule has 84 valence electrons. The van der Waals surface area contributed by atoms with Crippen molar-refractivity contribution in [2.24, 2.45) is 0 Å². The van der Waals surface area contributed by atoms with Gasteiger partial charge in [-0.2, -0.15) is 13.2 Å². The third-order valence-corrected chi connectivity index (χ3v) is 2.80. The Balaban J connectivity index is 2.83. The van der Waals surface area contributed by atoms with Crippen LogP contribution in [0, 0.1) is 0 Å². The zero-order valence-electron chi connectivity index (χ0n) is 7.73. The van der Waals surface area contributed by atoms with Crippen LogP contribution in [0.5, 0.6) is 0 Å². The van der Waals surface area contributed by atoms with Crippen LogP contribution in [0.15, 0.2) is 33.5 Å². The minimum Gasteiger partial charge on any atom is -0.320 e. The number of aromatic nitrogens is 1. The second-order valence-corrected chi connectivity index (χ2v) is 4.07. The van der Waals surface area contributed by atoms with E-state index in [1.165, 1.54) is 6.07 Å². The number of alkyl halides is 3. The molecule has 0 aliphatic heterocycles. The highest BCUT2D eigenvalue weighted by molar-refractivity contribution is 9.10. The third-order valence-electron chi connectivity index (χ3n) is 2.13. The summed E-state index contributed by atoms with van der Waals surface area (Å²) in [6.45, 7) is 0. The summed E-state index contributed by atoms with van der Waals surface area (Å²) < 4.78 is 37.9. The number of fused-ring (bicyclic) bond motifs is 1. The van der Waals surface area contributed by atoms with Crippen LogP contribution in [0.25, 0.3) is 10.9 Å². The molecule has 0 radical (unpaired) electrons. The first-order chi connectivity index (χ1) is 7.39. The van der Waals surface area contributed by atoms with Crippen molar-refractivity contribution < 1.29 is 13.2 Å². The Labute approximate surface area is 96.2 Å². The van der Waals surface area contributed by atoms with Crippen LogP contribution < -0.4 is 5.56 Å². The van der Waals surface area contributed by atoms with Gasteiger partial charge in [0.2, 0.25) is 0 Å². The van der Waals surface area contributed by atoms with E-state index in [-0.39, 0.29) is 0 Å². The fourth-order valence-electron chi connectivity index (χ4n) is 1.41. The second kappa shape index (κ2) is 3.62. The summed E-state index contributed by atoms with van der Waals surface area (Å²) in [5, 5.41) is 0.335. The number of para-hydroxylation sites is 1. The first-order valence-corrected chi connectivity index (χ1v) is 5.07. The number of rotatable bonds is 0. The van der Waals surface area contributed by atoms with Crippen molar-refractivity contribution >= 4 is 26.8 Å². The van der Waals surface area contributed by atoms with Gasteiger partial charge in [-0.25, -0.2) is 0 Å². The van der Waals surface area contributed by atoms with Gasteiger partial charge in [0, 0.05) is 4.47 Å². The van der Waals surface area contributed by atoms with Gasteiger partial charge in [-0.3, -0.25) is 4.79 Å². The number of hydrogen-bond donors (Lipinski definition) is 1. The van der Waals surface area contributed by atoms with Gasteiger partial charge in [0.15, 0.2) is 0 Å². The molecule has 0 saturated carbocycles. The molecule has 6 heteroatoms. The molecule has 1 aromatic heterocycles. The van der Waals surface area contributed by atoms with Gasteiger partial charge in [-0.05, 0) is 33.4 Å². The summed E-state index contributed by atoms with van der Waals surface area (Å²) in [5.41, 5.74) is -1.95. The molecule has 0 saturated heterocycles. The van der Waals surface area contributed by atoms with E-state index < -0.39 is 17.3 Å². The summed E-state index contributed by atoms with van der Waals surface area (Å²) in [4.78, 5) is 13.4. The van der Waals surface area contributed by atoms with Crippen molar-refractivity contribution in [3.8, 4) is 0 Å². The molecule has 2 rings (SSSR count). The topological polar surface area (TPSA) is 32.9 Å². The Kier molecular flexibility index (Phi) is 2.53. The van der Waals surface area contributed by atoms with Crippen LogP contribution >= 0.6 is 15.9 Å². The molecule has 2 aromatic rings. The fourth-order valence-corrected chi connectivity index (χ4v) is 1.89. The van der Waals surface area contributed by atoms with Gasteiger partial charge in [-0.15, -0.1) is 0 Å². The van der Waals surface area contributed by atoms with Crippen molar-refractivity contribution in [1.82, 2.24) is 4.98 Å². The maximum Gasteiger partial charge on any atom is 0.421 e. The number of H-pyrrole nitrogens is 1. The monoisotopic (exact) mass is 291 g/mol. The van der Waals surface area contributed by atoms with Crippen LogP contribution in [0.4, 0.5) is 13.2 Å². The minimum absolute atomic E-state index is 0.335. The number of nitrogens with one attached hydrogen (secondary N) is 1. The predicted octanol–water partition coefficient (Wildman–Crippen LogP) is 3.31. The van der Waals surface area contributed by atoms with Gasteiger partial charge >= 0.3 is 6.18 Å². The van der Waals surface area contributed by atoms with Crippen molar-refractivity contribution in [3.05, 3.63) is 44.7 Å². The van der Waals surface area contributed by atoms with Crippen LogP contribution in [-0.4, -0.2) is 4.98 Å². The predicted molar refractivity (Wildman–Crippen MR) is 57.3 cm³/mol. The lowest BCUT2D eigenvalue weighted by Gasteiger charge is -2.07. The van der Waals surface area contributed by atoms with E-state index in [4.69, 9.17) is 0 Å². The zero-order valence-corrected chi connectivity index (χ0v) is 9.32. The summed E-state index contributed by atoms with van der Waals surface area (Å²) in [7, 11) is 0. The molecule has 0 amide bonds. The standard InChI is InChI=1S/C10H5BrF3NO/c11-7-3-1-2-5-4-6(10(12,13)14)9(16)15-8(5)7/h1-4H,(H,15,16). The van der Waals surface area contributed by atoms with Gasteiger partial charge in [0.25, 0.3) is 5.56 Å². The molecule has 1 heterocycles. The third kappa shape index (κ3) is 1.84. The Bertz CT molecular complexity index is 603. The van der Waals surface area contributed by atoms with E-state index in [9.17, 15) is 18.0 Å². The van der Waals surface area contributed by atoms with Crippen LogP contribution in [-0.2, 0) is 6.18 Å². The Hall–Kier alpha value is -1.30. The maximum atomic E-state index is 12.4. The van der Waals surface area contributed by atoms with Crippen molar-refractivity contribution in [3.63, 3.8) is 0 Å². The SMILES string of the molecule is O=c1[nH]c2c(Br)cccc2cc1C(F)(F)F. The Morgan fingerprint density at radius 1 is 1.25 bits per heavy atom. The van der Waals surface area contributed by atoms with E-state index in [0.29, 0.717) is 15.4 Å². The van der Waals surface area contributed by atoms with Crippen LogP contribution in [0.2, 0.25) is 0 Å². The lowest BCUT2D eigenvalue weighted by atomic mass is 10.1. The highest BCUT2D eigenvalue weighted by Crippen LogP contribution is 2.29. The number of aromatic amines is 1. The average Bonchev–Trinajstić information content (AvgIpc) is 2.17. The second-order valence-electron chi connectivity index (χ2n) is 3.21. The molecule has 0 spiro atoms. The van der Waals surface area contributed by atoms with E-state index >= 15 is 0 Å². The normalized spacial score (nSPS) is 12.0. The van der Waals surface area contributed by atoms with Gasteiger partial charge < -0.3 is 4.98 Å². The summed E-state index contributed by atoms with van der Waals surface area (Å²) in [6.07, 6.45) is -4.63. The summed E-state index contributed by atoms with van der Waals surface area (Å²) in [6, 6.07) is 5.60. The number of pyridine rings is 1. The van der Waals surface area contributed by atoms with Crippen molar-refractivity contribution in [1.29, 1.82) is 0 Å². The molecule has 0 aliphatic rings. The Morgan fingerprint density at radius 2 is 1.94 bits per heavy atom. The van der Waals surface area contributed by atoms with Gasteiger partial charge in [-0.1, -0.05) is 12.1 Å². The van der Waals surface area contributed by atoms with Gasteiger partial charge in [0.05, 0.1) is 5.52 Å². The molecule has 0 aliphatic carbocycles. The van der Waals surface area contributed by atoms with E-state index in [1.54, 1.807) is 12.1 Å². The largest absolute Gasteiger partial charge is 0.421 e. The number of halogens is 4. The van der Waals surface area contributed by atoms with Crippen LogP contribution in [0.1, 0.15) is 5.56 Å². The highest BCUT2D eigenvalue weighted by Gasteiger charge is 2.34. The van der Waals surface area contributed by atoms with Crippen LogP contribution in [0.3, 0.4) is 0 Å². The molecule has 0 fully saturated rings. The molecule has 2 nitrogen and oxygen atoms in total. The zero-order chi connectivity index (χ0) is 11.9. The fraction of sp³-hybridized carbons (Fsp3) is 0.100. The molecular weight excluding hydrogens is 287 g/mol. The summed E-state index contributed by atoms with van der Waals surface area (Å²) in [5.74, 6) is 0. The molecular formula is C10H5BrF3NO. The molecule has 0 bridgehead atoms. The quantitative estimate of drug-likeness (QED) is 0.794.